The summed E-state index contributed by atoms with van der Waals surface area (Å²) in [6, 6.07) is 1.79. The van der Waals surface area contributed by atoms with Crippen LogP contribution in [0.3, 0.4) is 0 Å². The van der Waals surface area contributed by atoms with E-state index in [1.165, 1.54) is 0 Å². The van der Waals surface area contributed by atoms with Gasteiger partial charge in [0.1, 0.15) is 0 Å². The lowest BCUT2D eigenvalue weighted by Gasteiger charge is -2.45. The molecule has 20 heavy (non-hydrogen) atoms. The number of anilines is 1. The highest BCUT2D eigenvalue weighted by atomic mass is 16.2. The number of amides is 1. The van der Waals surface area contributed by atoms with Crippen LogP contribution < -0.4 is 11.3 Å². The number of hydrogen-bond donors (Lipinski definition) is 2. The second-order valence-electron chi connectivity index (χ2n) is 5.98. The fraction of sp³-hybridized carbons (Fsp3) is 0.571. The van der Waals surface area contributed by atoms with Gasteiger partial charge in [-0.3, -0.25) is 20.5 Å². The van der Waals surface area contributed by atoms with Crippen LogP contribution in [-0.2, 0) is 0 Å². The average molecular weight is 277 g/mol. The lowest BCUT2D eigenvalue weighted by molar-refractivity contribution is 0.0312. The first-order chi connectivity index (χ1) is 9.35. The highest BCUT2D eigenvalue weighted by molar-refractivity contribution is 5.99. The van der Waals surface area contributed by atoms with Gasteiger partial charge in [0.25, 0.3) is 5.91 Å². The van der Waals surface area contributed by atoms with Crippen molar-refractivity contribution in [3.8, 4) is 0 Å². The Morgan fingerprint density at radius 1 is 1.45 bits per heavy atom. The lowest BCUT2D eigenvalue weighted by Crippen LogP contribution is -2.58. The summed E-state index contributed by atoms with van der Waals surface area (Å²) in [5, 5.41) is 0. The molecule has 3 N–H and O–H groups in total. The molecule has 1 aromatic rings. The number of nitrogens with zero attached hydrogens (tertiary/aromatic N) is 3. The number of carbonyl (C=O) groups excluding carboxylic acids is 1. The number of piperazine rings is 1. The van der Waals surface area contributed by atoms with E-state index in [2.05, 4.69) is 36.2 Å². The Labute approximate surface area is 119 Å². The minimum absolute atomic E-state index is 0.0216. The quantitative estimate of drug-likeness (QED) is 0.619. The number of likely N-dealkylation sites (N-methyl/N-ethyl adjacent to an activating group) is 1. The molecular formula is C14H23N5O. The van der Waals surface area contributed by atoms with E-state index >= 15 is 0 Å². The first kappa shape index (κ1) is 14.7. The molecule has 0 radical (unpaired) electrons. The van der Waals surface area contributed by atoms with Crippen molar-refractivity contribution in [3.63, 3.8) is 0 Å². The first-order valence-electron chi connectivity index (χ1n) is 6.79. The summed E-state index contributed by atoms with van der Waals surface area (Å²) in [5.41, 5.74) is 4.54. The molecule has 1 saturated heterocycles. The van der Waals surface area contributed by atoms with Crippen molar-refractivity contribution in [1.82, 2.24) is 14.8 Å². The first-order valence-corrected chi connectivity index (χ1v) is 6.79. The molecule has 0 aromatic carbocycles. The molecule has 2 rings (SSSR count). The van der Waals surface area contributed by atoms with Gasteiger partial charge < -0.3 is 10.3 Å². The highest BCUT2D eigenvalue weighted by Gasteiger charge is 2.34. The van der Waals surface area contributed by atoms with Gasteiger partial charge in [0.2, 0.25) is 0 Å². The molecule has 2 heterocycles. The fourth-order valence-corrected chi connectivity index (χ4v) is 2.43. The van der Waals surface area contributed by atoms with Crippen molar-refractivity contribution in [3.05, 3.63) is 23.5 Å². The van der Waals surface area contributed by atoms with Crippen LogP contribution in [0.25, 0.3) is 0 Å². The predicted molar refractivity (Wildman–Crippen MR) is 79.4 cm³/mol. The third kappa shape index (κ3) is 2.76. The summed E-state index contributed by atoms with van der Waals surface area (Å²) in [7, 11) is 2.09. The standard InChI is InChI=1S/C14H23N5O/c1-10-7-12(17-15)11(8-16-10)13(20)19-6-5-18(4)14(2,3)9-19/h7-8H,5-6,9,15H2,1-4H3,(H,16,17). The molecule has 1 aromatic heterocycles. The van der Waals surface area contributed by atoms with Crippen molar-refractivity contribution >= 4 is 11.6 Å². The SMILES string of the molecule is Cc1cc(NN)c(C(=O)N2CCN(C)C(C)(C)C2)cn1. The zero-order valence-electron chi connectivity index (χ0n) is 12.6. The Bertz CT molecular complexity index is 514. The van der Waals surface area contributed by atoms with Crippen molar-refractivity contribution in [2.45, 2.75) is 26.3 Å². The number of nitrogens with one attached hydrogen (secondary N) is 1. The van der Waals surface area contributed by atoms with Crippen molar-refractivity contribution in [2.24, 2.45) is 5.84 Å². The smallest absolute Gasteiger partial charge is 0.257 e. The molecule has 6 nitrogen and oxygen atoms in total. The second-order valence-corrected chi connectivity index (χ2v) is 5.98. The summed E-state index contributed by atoms with van der Waals surface area (Å²) < 4.78 is 0. The Balaban J connectivity index is 2.24. The van der Waals surface area contributed by atoms with Gasteiger partial charge in [-0.2, -0.15) is 0 Å². The molecule has 0 spiro atoms. The molecule has 1 aliphatic heterocycles. The number of nitrogens with two attached hydrogens (primary N) is 1. The van der Waals surface area contributed by atoms with Gasteiger partial charge in [-0.15, -0.1) is 0 Å². The van der Waals surface area contributed by atoms with Gasteiger partial charge in [-0.1, -0.05) is 0 Å². The highest BCUT2D eigenvalue weighted by Crippen LogP contribution is 2.23. The Morgan fingerprint density at radius 2 is 2.15 bits per heavy atom. The number of aryl methyl sites for hydroxylation is 1. The van der Waals surface area contributed by atoms with Gasteiger partial charge in [-0.25, -0.2) is 0 Å². The maximum Gasteiger partial charge on any atom is 0.257 e. The number of hydrazine groups is 1. The van der Waals surface area contributed by atoms with Gasteiger partial charge >= 0.3 is 0 Å². The number of carbonyl (C=O) groups is 1. The monoisotopic (exact) mass is 277 g/mol. The van der Waals surface area contributed by atoms with E-state index in [0.717, 1.165) is 18.8 Å². The van der Waals surface area contributed by atoms with Crippen LogP contribution in [0.4, 0.5) is 5.69 Å². The van der Waals surface area contributed by atoms with E-state index in [1.807, 2.05) is 11.8 Å². The van der Waals surface area contributed by atoms with Crippen molar-refractivity contribution in [1.29, 1.82) is 0 Å². The normalized spacial score (nSPS) is 18.9. The van der Waals surface area contributed by atoms with Gasteiger partial charge in [0, 0.05) is 37.1 Å². The summed E-state index contributed by atoms with van der Waals surface area (Å²) in [6.07, 6.45) is 1.60. The predicted octanol–water partition coefficient (Wildman–Crippen LogP) is 0.842. The molecule has 110 valence electrons. The van der Waals surface area contributed by atoms with Crippen LogP contribution in [0.2, 0.25) is 0 Å². The number of nitrogen functional groups attached to an aromatic ring is 1. The van der Waals surface area contributed by atoms with Crippen molar-refractivity contribution in [2.75, 3.05) is 32.1 Å². The van der Waals surface area contributed by atoms with Gasteiger partial charge in [-0.05, 0) is 33.9 Å². The molecule has 0 unspecified atom stereocenters. The minimum Gasteiger partial charge on any atom is -0.335 e. The van der Waals surface area contributed by atoms with Crippen LogP contribution in [0.5, 0.6) is 0 Å². The molecule has 0 atom stereocenters. The number of aromatic nitrogens is 1. The topological polar surface area (TPSA) is 74.5 Å². The fourth-order valence-electron chi connectivity index (χ4n) is 2.43. The number of rotatable bonds is 2. The minimum atomic E-state index is -0.0255. The molecule has 1 fully saturated rings. The van der Waals surface area contributed by atoms with E-state index in [9.17, 15) is 4.79 Å². The molecule has 6 heteroatoms. The molecule has 0 bridgehead atoms. The maximum atomic E-state index is 12.7. The zero-order chi connectivity index (χ0) is 14.9. The van der Waals surface area contributed by atoms with E-state index < -0.39 is 0 Å². The largest absolute Gasteiger partial charge is 0.335 e. The summed E-state index contributed by atoms with van der Waals surface area (Å²) in [6.45, 7) is 8.43. The summed E-state index contributed by atoms with van der Waals surface area (Å²) in [4.78, 5) is 21.0. The summed E-state index contributed by atoms with van der Waals surface area (Å²) in [5.74, 6) is 5.48. The van der Waals surface area contributed by atoms with E-state index in [1.54, 1.807) is 12.3 Å². The summed E-state index contributed by atoms with van der Waals surface area (Å²) >= 11 is 0. The van der Waals surface area contributed by atoms with Gasteiger partial charge in [0.15, 0.2) is 0 Å². The van der Waals surface area contributed by atoms with E-state index in [4.69, 9.17) is 5.84 Å². The third-order valence-corrected chi connectivity index (χ3v) is 4.03. The van der Waals surface area contributed by atoms with Crippen LogP contribution in [-0.4, -0.2) is 52.9 Å². The van der Waals surface area contributed by atoms with Crippen LogP contribution in [0, 0.1) is 6.92 Å². The lowest BCUT2D eigenvalue weighted by atomic mass is 9.99. The van der Waals surface area contributed by atoms with Crippen LogP contribution in [0.1, 0.15) is 29.9 Å². The van der Waals surface area contributed by atoms with E-state index in [0.29, 0.717) is 17.8 Å². The molecule has 1 amide bonds. The Morgan fingerprint density at radius 3 is 2.75 bits per heavy atom. The van der Waals surface area contributed by atoms with Crippen molar-refractivity contribution < 1.29 is 4.79 Å². The third-order valence-electron chi connectivity index (χ3n) is 4.03. The van der Waals surface area contributed by atoms with Crippen LogP contribution in [0.15, 0.2) is 12.3 Å². The Hall–Kier alpha value is -1.66. The average Bonchev–Trinajstić information content (AvgIpc) is 2.40. The van der Waals surface area contributed by atoms with Crippen LogP contribution >= 0.6 is 0 Å². The number of hydrogen-bond acceptors (Lipinski definition) is 5. The maximum absolute atomic E-state index is 12.7. The second kappa shape index (κ2) is 5.38. The zero-order valence-corrected chi connectivity index (χ0v) is 12.6. The Kier molecular flexibility index (Phi) is 3.96. The molecule has 1 aliphatic rings. The molecular weight excluding hydrogens is 254 g/mol. The number of pyridine rings is 1. The van der Waals surface area contributed by atoms with Gasteiger partial charge in [0.05, 0.1) is 11.3 Å². The molecule has 0 saturated carbocycles. The van der Waals surface area contributed by atoms with E-state index in [-0.39, 0.29) is 11.4 Å². The molecule has 0 aliphatic carbocycles.